The fourth-order valence-electron chi connectivity index (χ4n) is 4.24. The molecule has 0 saturated carbocycles. The molecule has 3 aromatic heterocycles. The normalized spacial score (nSPS) is 11.3. The Labute approximate surface area is 190 Å². The molecule has 0 unspecified atom stereocenters. The Kier molecular flexibility index (Phi) is 5.89. The van der Waals surface area contributed by atoms with Crippen LogP contribution in [0.15, 0.2) is 61.2 Å². The van der Waals surface area contributed by atoms with E-state index in [1.165, 1.54) is 12.1 Å². The molecule has 0 saturated heterocycles. The SMILES string of the molecule is COc1ccccc1Cc1nnc(Cc2c[nH]c3cc(F)ccc23)n1CCCc1cnc[nH]1. The lowest BCUT2D eigenvalue weighted by Gasteiger charge is -2.12. The number of methoxy groups -OCH3 is 1. The minimum Gasteiger partial charge on any atom is -0.496 e. The second-order valence-electron chi connectivity index (χ2n) is 8.03. The Morgan fingerprint density at radius 2 is 1.82 bits per heavy atom. The fraction of sp³-hybridized carbons (Fsp3) is 0.240. The maximum atomic E-state index is 13.6. The maximum Gasteiger partial charge on any atom is 0.137 e. The number of nitrogens with one attached hydrogen (secondary N) is 2. The lowest BCUT2D eigenvalue weighted by Crippen LogP contribution is -2.10. The number of para-hydroxylation sites is 1. The molecule has 8 heteroatoms. The Morgan fingerprint density at radius 3 is 2.61 bits per heavy atom. The number of benzene rings is 2. The van der Waals surface area contributed by atoms with Gasteiger partial charge in [-0.05, 0) is 42.7 Å². The number of hydrogen-bond donors (Lipinski definition) is 2. The molecule has 0 aliphatic heterocycles. The van der Waals surface area contributed by atoms with E-state index < -0.39 is 0 Å². The maximum absolute atomic E-state index is 13.6. The average Bonchev–Trinajstić information content (AvgIpc) is 3.57. The molecule has 0 bridgehead atoms. The van der Waals surface area contributed by atoms with Crippen LogP contribution in [-0.2, 0) is 25.8 Å². The van der Waals surface area contributed by atoms with Gasteiger partial charge in [0.05, 0.1) is 13.4 Å². The first-order chi connectivity index (χ1) is 16.2. The van der Waals surface area contributed by atoms with E-state index >= 15 is 0 Å². The Bertz CT molecular complexity index is 1350. The molecule has 0 aliphatic rings. The van der Waals surface area contributed by atoms with E-state index in [0.717, 1.165) is 64.5 Å². The quantitative estimate of drug-likeness (QED) is 0.352. The number of nitrogens with zero attached hydrogens (tertiary/aromatic N) is 4. The summed E-state index contributed by atoms with van der Waals surface area (Å²) in [6, 6.07) is 12.8. The van der Waals surface area contributed by atoms with Crippen LogP contribution in [0.2, 0.25) is 0 Å². The molecule has 5 rings (SSSR count). The van der Waals surface area contributed by atoms with Crippen molar-refractivity contribution in [1.82, 2.24) is 29.7 Å². The van der Waals surface area contributed by atoms with Gasteiger partial charge in [0.1, 0.15) is 23.2 Å². The Balaban J connectivity index is 1.44. The highest BCUT2D eigenvalue weighted by molar-refractivity contribution is 5.83. The lowest BCUT2D eigenvalue weighted by molar-refractivity contribution is 0.410. The van der Waals surface area contributed by atoms with E-state index in [4.69, 9.17) is 4.74 Å². The van der Waals surface area contributed by atoms with Gasteiger partial charge in [0, 0.05) is 53.9 Å². The van der Waals surface area contributed by atoms with E-state index in [1.54, 1.807) is 13.4 Å². The molecule has 5 aromatic rings. The fourth-order valence-corrected chi connectivity index (χ4v) is 4.24. The predicted octanol–water partition coefficient (Wildman–Crippen LogP) is 4.44. The number of aromatic nitrogens is 6. The van der Waals surface area contributed by atoms with E-state index in [1.807, 2.05) is 36.7 Å². The summed E-state index contributed by atoms with van der Waals surface area (Å²) in [7, 11) is 1.68. The largest absolute Gasteiger partial charge is 0.496 e. The van der Waals surface area contributed by atoms with Crippen molar-refractivity contribution >= 4 is 10.9 Å². The number of aromatic amines is 2. The third-order valence-electron chi connectivity index (χ3n) is 5.91. The van der Waals surface area contributed by atoms with Crippen LogP contribution in [0.5, 0.6) is 5.75 Å². The smallest absolute Gasteiger partial charge is 0.137 e. The molecule has 3 heterocycles. The zero-order chi connectivity index (χ0) is 22.6. The predicted molar refractivity (Wildman–Crippen MR) is 124 cm³/mol. The topological polar surface area (TPSA) is 84.4 Å². The van der Waals surface area contributed by atoms with Crippen molar-refractivity contribution in [2.24, 2.45) is 0 Å². The Morgan fingerprint density at radius 1 is 1.00 bits per heavy atom. The van der Waals surface area contributed by atoms with Crippen LogP contribution in [0.1, 0.15) is 34.9 Å². The zero-order valence-electron chi connectivity index (χ0n) is 18.4. The van der Waals surface area contributed by atoms with Crippen molar-refractivity contribution in [2.75, 3.05) is 7.11 Å². The molecule has 2 aromatic carbocycles. The number of halogens is 1. The van der Waals surface area contributed by atoms with Gasteiger partial charge in [-0.25, -0.2) is 9.37 Å². The average molecular weight is 445 g/mol. The summed E-state index contributed by atoms with van der Waals surface area (Å²) in [6.45, 7) is 0.781. The summed E-state index contributed by atoms with van der Waals surface area (Å²) in [6.07, 6.45) is 8.52. The molecule has 7 nitrogen and oxygen atoms in total. The summed E-state index contributed by atoms with van der Waals surface area (Å²) in [5, 5.41) is 10.1. The van der Waals surface area contributed by atoms with Gasteiger partial charge in [-0.3, -0.25) is 0 Å². The highest BCUT2D eigenvalue weighted by Gasteiger charge is 2.16. The highest BCUT2D eigenvalue weighted by atomic mass is 19.1. The summed E-state index contributed by atoms with van der Waals surface area (Å²) in [5.41, 5.74) is 4.02. The lowest BCUT2D eigenvalue weighted by atomic mass is 10.1. The van der Waals surface area contributed by atoms with Crippen molar-refractivity contribution < 1.29 is 9.13 Å². The van der Waals surface area contributed by atoms with E-state index in [9.17, 15) is 4.39 Å². The second-order valence-corrected chi connectivity index (χ2v) is 8.03. The molecule has 0 atom stereocenters. The third kappa shape index (κ3) is 4.50. The van der Waals surface area contributed by atoms with Crippen LogP contribution < -0.4 is 4.74 Å². The number of fused-ring (bicyclic) bond motifs is 1. The molecule has 0 fully saturated rings. The summed E-state index contributed by atoms with van der Waals surface area (Å²) in [4.78, 5) is 10.4. The van der Waals surface area contributed by atoms with Gasteiger partial charge in [0.15, 0.2) is 0 Å². The summed E-state index contributed by atoms with van der Waals surface area (Å²) < 4.78 is 21.3. The standard InChI is InChI=1S/C25H25FN6O/c1-33-23-7-3-2-5-17(23)11-24-30-31-25(32(24)10-4-6-20-15-27-16-29-20)12-18-14-28-22-13-19(26)8-9-21(18)22/h2-3,5,7-9,13-16,28H,4,6,10-12H2,1H3,(H,27,29). The van der Waals surface area contributed by atoms with Gasteiger partial charge in [-0.1, -0.05) is 18.2 Å². The van der Waals surface area contributed by atoms with Crippen molar-refractivity contribution in [1.29, 1.82) is 0 Å². The zero-order valence-corrected chi connectivity index (χ0v) is 18.4. The molecule has 0 amide bonds. The minimum absolute atomic E-state index is 0.253. The first-order valence-electron chi connectivity index (χ1n) is 11.0. The summed E-state index contributed by atoms with van der Waals surface area (Å²) >= 11 is 0. The van der Waals surface area contributed by atoms with Gasteiger partial charge in [-0.15, -0.1) is 10.2 Å². The van der Waals surface area contributed by atoms with Gasteiger partial charge in [-0.2, -0.15) is 0 Å². The molecule has 2 N–H and O–H groups in total. The molecule has 0 radical (unpaired) electrons. The number of ether oxygens (including phenoxy) is 1. The van der Waals surface area contributed by atoms with E-state index in [0.29, 0.717) is 12.8 Å². The number of rotatable bonds is 9. The minimum atomic E-state index is -0.253. The third-order valence-corrected chi connectivity index (χ3v) is 5.91. The molecular weight excluding hydrogens is 419 g/mol. The molecular formula is C25H25FN6O. The van der Waals surface area contributed by atoms with Crippen LogP contribution in [0.25, 0.3) is 10.9 Å². The number of aryl methyl sites for hydroxylation is 1. The van der Waals surface area contributed by atoms with Crippen molar-refractivity contribution in [3.05, 3.63) is 95.5 Å². The number of H-pyrrole nitrogens is 2. The van der Waals surface area contributed by atoms with Gasteiger partial charge in [0.2, 0.25) is 0 Å². The van der Waals surface area contributed by atoms with Crippen molar-refractivity contribution in [3.63, 3.8) is 0 Å². The van der Waals surface area contributed by atoms with Crippen LogP contribution in [0.4, 0.5) is 4.39 Å². The molecule has 0 aliphatic carbocycles. The van der Waals surface area contributed by atoms with Crippen molar-refractivity contribution in [2.45, 2.75) is 32.2 Å². The van der Waals surface area contributed by atoms with Crippen LogP contribution in [-0.4, -0.2) is 36.8 Å². The van der Waals surface area contributed by atoms with Gasteiger partial charge < -0.3 is 19.3 Å². The van der Waals surface area contributed by atoms with Crippen LogP contribution >= 0.6 is 0 Å². The van der Waals surface area contributed by atoms with E-state index in [-0.39, 0.29) is 5.82 Å². The van der Waals surface area contributed by atoms with Gasteiger partial charge >= 0.3 is 0 Å². The van der Waals surface area contributed by atoms with Crippen molar-refractivity contribution in [3.8, 4) is 5.75 Å². The van der Waals surface area contributed by atoms with Crippen LogP contribution in [0.3, 0.4) is 0 Å². The first kappa shape index (κ1) is 20.9. The van der Waals surface area contributed by atoms with Gasteiger partial charge in [0.25, 0.3) is 0 Å². The number of imidazole rings is 1. The highest BCUT2D eigenvalue weighted by Crippen LogP contribution is 2.24. The second kappa shape index (κ2) is 9.28. The summed E-state index contributed by atoms with van der Waals surface area (Å²) in [5.74, 6) is 2.36. The Hall–Kier alpha value is -3.94. The van der Waals surface area contributed by atoms with E-state index in [2.05, 4.69) is 35.8 Å². The molecule has 0 spiro atoms. The molecule has 168 valence electrons. The van der Waals surface area contributed by atoms with Crippen LogP contribution in [0, 0.1) is 5.82 Å². The number of hydrogen-bond acceptors (Lipinski definition) is 4. The monoisotopic (exact) mass is 444 g/mol. The first-order valence-corrected chi connectivity index (χ1v) is 11.0. The molecule has 33 heavy (non-hydrogen) atoms.